The minimum absolute atomic E-state index is 0.167. The first-order valence-electron chi connectivity index (χ1n) is 8.68. The number of furan rings is 1. The van der Waals surface area contributed by atoms with Crippen LogP contribution in [0.3, 0.4) is 0 Å². The molecule has 29 heavy (non-hydrogen) atoms. The van der Waals surface area contributed by atoms with Gasteiger partial charge in [0.1, 0.15) is 4.92 Å². The summed E-state index contributed by atoms with van der Waals surface area (Å²) in [6.07, 6.45) is -0.747. The number of ketones is 1. The summed E-state index contributed by atoms with van der Waals surface area (Å²) in [6, 6.07) is 18.9. The summed E-state index contributed by atoms with van der Waals surface area (Å²) in [4.78, 5) is 24.6. The van der Waals surface area contributed by atoms with Gasteiger partial charge in [-0.3, -0.25) is 19.8 Å². The van der Waals surface area contributed by atoms with Crippen LogP contribution in [0.5, 0.6) is 0 Å². The highest BCUT2D eigenvalue weighted by atomic mass is 35.5. The number of benzene rings is 2. The third-order valence-electron chi connectivity index (χ3n) is 4.38. The van der Waals surface area contributed by atoms with Gasteiger partial charge in [-0.2, -0.15) is 0 Å². The highest BCUT2D eigenvalue weighted by molar-refractivity contribution is 6.44. The average Bonchev–Trinajstić information content (AvgIpc) is 3.33. The van der Waals surface area contributed by atoms with E-state index in [1.165, 1.54) is 19.1 Å². The third-order valence-corrected chi connectivity index (χ3v) is 4.61. The van der Waals surface area contributed by atoms with E-state index in [0.29, 0.717) is 16.4 Å². The Morgan fingerprint density at radius 3 is 2.45 bits per heavy atom. The standard InChI is InChI=1S/C20H15ClN4O4/c1-13(26)19-22-24(15-7-3-2-4-8-15)20(17-10-11-18(29-17)25(27)28)23(19)16-9-5-6-14(21)12-16/h2-12,20H,1H3/t20-/m1/s1. The molecule has 0 bridgehead atoms. The van der Waals surface area contributed by atoms with Crippen LogP contribution in [0.25, 0.3) is 0 Å². The van der Waals surface area contributed by atoms with Gasteiger partial charge < -0.3 is 4.42 Å². The van der Waals surface area contributed by atoms with Crippen molar-refractivity contribution < 1.29 is 14.1 Å². The minimum Gasteiger partial charge on any atom is -0.401 e. The lowest BCUT2D eigenvalue weighted by atomic mass is 10.2. The lowest BCUT2D eigenvalue weighted by Gasteiger charge is -2.30. The van der Waals surface area contributed by atoms with Gasteiger partial charge in [0.15, 0.2) is 23.5 Å². The normalized spacial score (nSPS) is 16.1. The molecule has 9 heteroatoms. The van der Waals surface area contributed by atoms with Crippen LogP contribution in [0.4, 0.5) is 17.3 Å². The summed E-state index contributed by atoms with van der Waals surface area (Å²) in [5, 5.41) is 17.7. The SMILES string of the molecule is CC(=O)C1=NN(c2ccccc2)[C@H](c2ccc([N+](=O)[O-])o2)N1c1cccc(Cl)c1. The van der Waals surface area contributed by atoms with Crippen molar-refractivity contribution in [2.24, 2.45) is 5.10 Å². The molecule has 1 aliphatic rings. The molecular weight excluding hydrogens is 396 g/mol. The Balaban J connectivity index is 1.90. The predicted octanol–water partition coefficient (Wildman–Crippen LogP) is 4.77. The number of amidine groups is 1. The molecule has 0 N–H and O–H groups in total. The highest BCUT2D eigenvalue weighted by Gasteiger charge is 2.41. The number of para-hydroxylation sites is 1. The maximum atomic E-state index is 12.4. The molecule has 0 spiro atoms. The number of Topliss-reactive ketones (excluding diaryl/α,β-unsaturated/α-hetero) is 1. The molecule has 1 aromatic heterocycles. The van der Waals surface area contributed by atoms with Crippen molar-refractivity contribution in [3.8, 4) is 0 Å². The van der Waals surface area contributed by atoms with E-state index in [-0.39, 0.29) is 17.4 Å². The van der Waals surface area contributed by atoms with Crippen LogP contribution >= 0.6 is 11.6 Å². The highest BCUT2D eigenvalue weighted by Crippen LogP contribution is 2.40. The molecule has 8 nitrogen and oxygen atoms in total. The van der Waals surface area contributed by atoms with Crippen LogP contribution in [-0.4, -0.2) is 16.5 Å². The van der Waals surface area contributed by atoms with E-state index < -0.39 is 17.0 Å². The molecule has 4 rings (SSSR count). The zero-order valence-corrected chi connectivity index (χ0v) is 16.0. The van der Waals surface area contributed by atoms with Crippen LogP contribution in [-0.2, 0) is 4.79 Å². The Labute approximate surface area is 170 Å². The molecule has 0 fully saturated rings. The molecule has 0 radical (unpaired) electrons. The monoisotopic (exact) mass is 410 g/mol. The van der Waals surface area contributed by atoms with E-state index in [0.717, 1.165) is 0 Å². The molecule has 1 aliphatic heterocycles. The summed E-state index contributed by atoms with van der Waals surface area (Å²) < 4.78 is 5.49. The number of nitrogens with zero attached hydrogens (tertiary/aromatic N) is 4. The van der Waals surface area contributed by atoms with Gasteiger partial charge in [0, 0.05) is 17.6 Å². The van der Waals surface area contributed by atoms with Crippen molar-refractivity contribution >= 4 is 40.5 Å². The average molecular weight is 411 g/mol. The van der Waals surface area contributed by atoms with Crippen molar-refractivity contribution in [3.05, 3.63) is 87.6 Å². The van der Waals surface area contributed by atoms with E-state index in [1.807, 2.05) is 30.3 Å². The number of hydrogen-bond acceptors (Lipinski definition) is 7. The molecule has 2 heterocycles. The summed E-state index contributed by atoms with van der Waals surface area (Å²) in [7, 11) is 0. The molecule has 2 aromatic carbocycles. The lowest BCUT2D eigenvalue weighted by molar-refractivity contribution is -0.402. The second-order valence-electron chi connectivity index (χ2n) is 6.32. The summed E-state index contributed by atoms with van der Waals surface area (Å²) in [6.45, 7) is 1.41. The van der Waals surface area contributed by atoms with Crippen molar-refractivity contribution in [1.82, 2.24) is 0 Å². The fourth-order valence-electron chi connectivity index (χ4n) is 3.17. The number of hydrazone groups is 1. The number of halogens is 1. The first kappa shape index (κ1) is 18.7. The number of nitro groups is 1. The Morgan fingerprint density at radius 2 is 1.83 bits per heavy atom. The number of carbonyl (C=O) groups is 1. The fourth-order valence-corrected chi connectivity index (χ4v) is 3.35. The molecule has 3 aromatic rings. The first-order valence-corrected chi connectivity index (χ1v) is 9.06. The topological polar surface area (TPSA) is 92.2 Å². The molecule has 1 atom stereocenters. The summed E-state index contributed by atoms with van der Waals surface area (Å²) in [5.74, 6) is -0.231. The van der Waals surface area contributed by atoms with Crippen molar-refractivity contribution in [2.45, 2.75) is 13.1 Å². The maximum Gasteiger partial charge on any atom is 0.433 e. The van der Waals surface area contributed by atoms with Gasteiger partial charge in [0.05, 0.1) is 11.8 Å². The fraction of sp³-hybridized carbons (Fsp3) is 0.100. The maximum absolute atomic E-state index is 12.4. The molecule has 0 amide bonds. The molecular formula is C20H15ClN4O4. The number of anilines is 2. The van der Waals surface area contributed by atoms with Crippen LogP contribution < -0.4 is 9.91 Å². The Bertz CT molecular complexity index is 1110. The lowest BCUT2D eigenvalue weighted by Crippen LogP contribution is -2.37. The minimum atomic E-state index is -0.747. The molecule has 0 aliphatic carbocycles. The quantitative estimate of drug-likeness (QED) is 0.444. The van der Waals surface area contributed by atoms with E-state index >= 15 is 0 Å². The number of carbonyl (C=O) groups excluding carboxylic acids is 1. The zero-order valence-electron chi connectivity index (χ0n) is 15.2. The molecule has 0 unspecified atom stereocenters. The van der Waals surface area contributed by atoms with Crippen molar-refractivity contribution in [1.29, 1.82) is 0 Å². The second-order valence-corrected chi connectivity index (χ2v) is 6.75. The molecule has 0 saturated heterocycles. The summed E-state index contributed by atoms with van der Waals surface area (Å²) in [5.41, 5.74) is 1.30. The van der Waals surface area contributed by atoms with Gasteiger partial charge in [-0.25, -0.2) is 5.01 Å². The van der Waals surface area contributed by atoms with Crippen LogP contribution in [0.1, 0.15) is 18.8 Å². The smallest absolute Gasteiger partial charge is 0.401 e. The second kappa shape index (κ2) is 7.40. The van der Waals surface area contributed by atoms with Crippen molar-refractivity contribution in [3.63, 3.8) is 0 Å². The molecule has 146 valence electrons. The zero-order chi connectivity index (χ0) is 20.5. The summed E-state index contributed by atoms with van der Waals surface area (Å²) >= 11 is 6.17. The predicted molar refractivity (Wildman–Crippen MR) is 109 cm³/mol. The number of rotatable bonds is 5. The van der Waals surface area contributed by atoms with Crippen molar-refractivity contribution in [2.75, 3.05) is 9.91 Å². The van der Waals surface area contributed by atoms with Crippen LogP contribution in [0.2, 0.25) is 5.02 Å². The van der Waals surface area contributed by atoms with E-state index in [9.17, 15) is 14.9 Å². The van der Waals surface area contributed by atoms with Crippen LogP contribution in [0, 0.1) is 10.1 Å². The Kier molecular flexibility index (Phi) is 4.77. The van der Waals surface area contributed by atoms with Gasteiger partial charge in [0.2, 0.25) is 0 Å². The van der Waals surface area contributed by atoms with Crippen LogP contribution in [0.15, 0.2) is 76.2 Å². The van der Waals surface area contributed by atoms with Gasteiger partial charge in [-0.1, -0.05) is 35.9 Å². The Morgan fingerprint density at radius 1 is 1.10 bits per heavy atom. The molecule has 0 saturated carbocycles. The van der Waals surface area contributed by atoms with E-state index in [1.54, 1.807) is 34.2 Å². The van der Waals surface area contributed by atoms with E-state index in [2.05, 4.69) is 5.10 Å². The van der Waals surface area contributed by atoms with Gasteiger partial charge in [-0.15, -0.1) is 5.10 Å². The largest absolute Gasteiger partial charge is 0.433 e. The third kappa shape index (κ3) is 3.45. The first-order chi connectivity index (χ1) is 14.0. The van der Waals surface area contributed by atoms with Gasteiger partial charge >= 0.3 is 5.88 Å². The van der Waals surface area contributed by atoms with Gasteiger partial charge in [-0.05, 0) is 36.4 Å². The number of hydrogen-bond donors (Lipinski definition) is 0. The Hall–Kier alpha value is -3.65. The van der Waals surface area contributed by atoms with E-state index in [4.69, 9.17) is 16.0 Å². The van der Waals surface area contributed by atoms with Gasteiger partial charge in [0.25, 0.3) is 0 Å².